The number of benzene rings is 1. The lowest BCUT2D eigenvalue weighted by Crippen LogP contribution is -2.41. The first-order valence-corrected chi connectivity index (χ1v) is 9.76. The molecule has 0 aliphatic carbocycles. The first-order valence-electron chi connectivity index (χ1n) is 8.57. The molecule has 10 heteroatoms. The fraction of sp³-hybridized carbons (Fsp3) is 0.333. The van der Waals surface area contributed by atoms with E-state index in [0.717, 1.165) is 11.3 Å². The van der Waals surface area contributed by atoms with E-state index in [2.05, 4.69) is 10.6 Å². The van der Waals surface area contributed by atoms with Gasteiger partial charge < -0.3 is 25.4 Å². The van der Waals surface area contributed by atoms with Gasteiger partial charge in [-0.25, -0.2) is 4.39 Å². The number of morpholine rings is 1. The summed E-state index contributed by atoms with van der Waals surface area (Å²) in [7, 11) is 0. The molecule has 3 N–H and O–H groups in total. The Hall–Kier alpha value is -2.20. The van der Waals surface area contributed by atoms with Crippen molar-refractivity contribution in [2.45, 2.75) is 6.10 Å². The zero-order valence-corrected chi connectivity index (χ0v) is 16.4. The Balaban J connectivity index is 1.49. The second kappa shape index (κ2) is 9.33. The minimum absolute atomic E-state index is 0.00331. The molecule has 1 aliphatic heterocycles. The number of hydrogen-bond donors (Lipinski definition) is 3. The third-order valence-corrected chi connectivity index (χ3v) is 5.30. The van der Waals surface area contributed by atoms with Crippen molar-refractivity contribution >= 4 is 46.1 Å². The van der Waals surface area contributed by atoms with E-state index in [1.54, 1.807) is 18.2 Å². The number of thiophene rings is 1. The number of carbonyl (C=O) groups excluding carboxylic acids is 2. The monoisotopic (exact) mass is 427 g/mol. The summed E-state index contributed by atoms with van der Waals surface area (Å²) in [5.41, 5.74) is 0.652. The minimum atomic E-state index is -0.917. The van der Waals surface area contributed by atoms with Gasteiger partial charge in [0.05, 0.1) is 27.6 Å². The molecule has 2 aromatic rings. The Morgan fingerprint density at radius 2 is 2.18 bits per heavy atom. The van der Waals surface area contributed by atoms with Gasteiger partial charge in [0.2, 0.25) is 0 Å². The smallest absolute Gasteiger partial charge is 0.261 e. The van der Waals surface area contributed by atoms with Crippen molar-refractivity contribution in [3.63, 3.8) is 0 Å². The number of halogens is 2. The number of hydrogen-bond acceptors (Lipinski definition) is 6. The molecule has 1 aliphatic rings. The molecular formula is C18H19ClFN3O4S. The second-order valence-electron chi connectivity index (χ2n) is 6.11. The van der Waals surface area contributed by atoms with Crippen molar-refractivity contribution < 1.29 is 23.8 Å². The molecule has 0 radical (unpaired) electrons. The van der Waals surface area contributed by atoms with Gasteiger partial charge in [0, 0.05) is 25.3 Å². The number of aliphatic hydroxyl groups excluding tert-OH is 1. The lowest BCUT2D eigenvalue weighted by molar-refractivity contribution is -0.125. The number of ether oxygens (including phenoxy) is 1. The van der Waals surface area contributed by atoms with E-state index in [9.17, 15) is 19.1 Å². The largest absolute Gasteiger partial charge is 0.389 e. The highest BCUT2D eigenvalue weighted by Crippen LogP contribution is 2.23. The van der Waals surface area contributed by atoms with Crippen molar-refractivity contribution in [3.8, 4) is 0 Å². The summed E-state index contributed by atoms with van der Waals surface area (Å²) in [6.45, 7) is 0.806. The number of nitrogens with zero attached hydrogens (tertiary/aromatic N) is 1. The molecule has 3 rings (SSSR count). The average Bonchev–Trinajstić information content (AvgIpc) is 3.12. The Morgan fingerprint density at radius 1 is 1.36 bits per heavy atom. The van der Waals surface area contributed by atoms with Gasteiger partial charge in [0.1, 0.15) is 12.4 Å². The molecule has 0 saturated carbocycles. The summed E-state index contributed by atoms with van der Waals surface area (Å²) in [5.74, 6) is -1.09. The van der Waals surface area contributed by atoms with Crippen LogP contribution >= 0.6 is 22.9 Å². The highest BCUT2D eigenvalue weighted by atomic mass is 35.5. The van der Waals surface area contributed by atoms with Crippen LogP contribution in [-0.2, 0) is 9.53 Å². The third-order valence-electron chi connectivity index (χ3n) is 4.07. The van der Waals surface area contributed by atoms with Crippen molar-refractivity contribution in [1.29, 1.82) is 0 Å². The van der Waals surface area contributed by atoms with E-state index in [4.69, 9.17) is 16.3 Å². The molecule has 1 atom stereocenters. The Kier molecular flexibility index (Phi) is 6.84. The van der Waals surface area contributed by atoms with Crippen LogP contribution in [0.3, 0.4) is 0 Å². The average molecular weight is 428 g/mol. The maximum Gasteiger partial charge on any atom is 0.261 e. The molecule has 0 spiro atoms. The van der Waals surface area contributed by atoms with Crippen molar-refractivity contribution in [1.82, 2.24) is 5.32 Å². The van der Waals surface area contributed by atoms with Crippen molar-refractivity contribution in [3.05, 3.63) is 45.4 Å². The fourth-order valence-electron chi connectivity index (χ4n) is 2.64. The summed E-state index contributed by atoms with van der Waals surface area (Å²) >= 11 is 6.93. The van der Waals surface area contributed by atoms with Gasteiger partial charge in [-0.2, -0.15) is 0 Å². The Bertz CT molecular complexity index is 863. The molecule has 1 aromatic carbocycles. The van der Waals surface area contributed by atoms with Crippen LogP contribution in [0.25, 0.3) is 0 Å². The van der Waals surface area contributed by atoms with E-state index in [1.807, 2.05) is 0 Å². The minimum Gasteiger partial charge on any atom is -0.389 e. The van der Waals surface area contributed by atoms with Gasteiger partial charge in [-0.1, -0.05) is 11.6 Å². The van der Waals surface area contributed by atoms with Gasteiger partial charge >= 0.3 is 0 Å². The van der Waals surface area contributed by atoms with E-state index in [1.165, 1.54) is 17.0 Å². The van der Waals surface area contributed by atoms with Crippen LogP contribution in [0.15, 0.2) is 30.3 Å². The normalized spacial score (nSPS) is 15.4. The predicted octanol–water partition coefficient (Wildman–Crippen LogP) is 2.11. The second-order valence-corrected chi connectivity index (χ2v) is 7.83. The topological polar surface area (TPSA) is 90.9 Å². The molecule has 2 heterocycles. The van der Waals surface area contributed by atoms with E-state index >= 15 is 0 Å². The molecule has 1 aromatic heterocycles. The molecule has 28 heavy (non-hydrogen) atoms. The number of rotatable bonds is 7. The molecule has 2 amide bonds. The highest BCUT2D eigenvalue weighted by Gasteiger charge is 2.21. The van der Waals surface area contributed by atoms with Crippen LogP contribution in [0.2, 0.25) is 4.34 Å². The van der Waals surface area contributed by atoms with Crippen LogP contribution in [0, 0.1) is 5.82 Å². The molecule has 1 fully saturated rings. The van der Waals surface area contributed by atoms with Crippen molar-refractivity contribution in [2.24, 2.45) is 0 Å². The lowest BCUT2D eigenvalue weighted by atomic mass is 10.2. The van der Waals surface area contributed by atoms with Gasteiger partial charge in [0.15, 0.2) is 0 Å². The van der Waals surface area contributed by atoms with E-state index in [-0.39, 0.29) is 37.2 Å². The molecule has 1 saturated heterocycles. The zero-order chi connectivity index (χ0) is 20.1. The van der Waals surface area contributed by atoms with Gasteiger partial charge in [-0.3, -0.25) is 9.59 Å². The Morgan fingerprint density at radius 3 is 2.86 bits per heavy atom. The number of aliphatic hydroxyl groups is 1. The van der Waals surface area contributed by atoms with Crippen LogP contribution in [-0.4, -0.2) is 55.9 Å². The molecule has 1 unspecified atom stereocenters. The first kappa shape index (κ1) is 20.5. The molecule has 150 valence electrons. The van der Waals surface area contributed by atoms with Crippen molar-refractivity contribution in [2.75, 3.05) is 43.1 Å². The summed E-state index contributed by atoms with van der Waals surface area (Å²) in [6, 6.07) is 7.62. The highest BCUT2D eigenvalue weighted by molar-refractivity contribution is 7.17. The predicted molar refractivity (Wildman–Crippen MR) is 106 cm³/mol. The molecule has 0 bridgehead atoms. The van der Waals surface area contributed by atoms with Gasteiger partial charge in [-0.05, 0) is 30.3 Å². The quantitative estimate of drug-likeness (QED) is 0.629. The van der Waals surface area contributed by atoms with Crippen LogP contribution in [0.4, 0.5) is 15.8 Å². The summed E-state index contributed by atoms with van der Waals surface area (Å²) in [5, 5.41) is 15.4. The summed E-state index contributed by atoms with van der Waals surface area (Å²) in [6.07, 6.45) is -0.917. The van der Waals surface area contributed by atoms with E-state index < -0.39 is 11.9 Å². The van der Waals surface area contributed by atoms with Gasteiger partial charge in [0.25, 0.3) is 11.8 Å². The third kappa shape index (κ3) is 5.20. The number of anilines is 2. The molecule has 7 nitrogen and oxygen atoms in total. The van der Waals surface area contributed by atoms with Crippen LogP contribution in [0.5, 0.6) is 0 Å². The standard InChI is InChI=1S/C18H19ClFN3O4S/c19-16-4-3-15(28-16)18(26)22-9-12(24)8-21-14-2-1-11(7-13(14)20)23-5-6-27-10-17(23)25/h1-4,7,12,21,24H,5-6,8-10H2,(H,22,26). The summed E-state index contributed by atoms with van der Waals surface area (Å²) in [4.78, 5) is 25.7. The fourth-order valence-corrected chi connectivity index (χ4v) is 3.60. The lowest BCUT2D eigenvalue weighted by Gasteiger charge is -2.27. The SMILES string of the molecule is O=C(NCC(O)CNc1ccc(N2CCOCC2=O)cc1F)c1ccc(Cl)s1. The van der Waals surface area contributed by atoms with E-state index in [0.29, 0.717) is 28.1 Å². The maximum atomic E-state index is 14.3. The first-order chi connectivity index (χ1) is 13.4. The number of amides is 2. The van der Waals surface area contributed by atoms with Crippen LogP contribution < -0.4 is 15.5 Å². The number of nitrogens with one attached hydrogen (secondary N) is 2. The Labute approximate surface area is 170 Å². The summed E-state index contributed by atoms with van der Waals surface area (Å²) < 4.78 is 19.9. The maximum absolute atomic E-state index is 14.3. The zero-order valence-electron chi connectivity index (χ0n) is 14.8. The molecular weight excluding hydrogens is 409 g/mol. The van der Waals surface area contributed by atoms with Crippen LogP contribution in [0.1, 0.15) is 9.67 Å². The van der Waals surface area contributed by atoms with Gasteiger partial charge in [-0.15, -0.1) is 11.3 Å². The number of carbonyl (C=O) groups is 2.